The fourth-order valence-corrected chi connectivity index (χ4v) is 4.51. The maximum Gasteiger partial charge on any atom is 0.404 e. The highest BCUT2D eigenvalue weighted by Gasteiger charge is 2.45. The largest absolute Gasteiger partial charge is 0.450 e. The molecule has 1 saturated carbocycles. The molecule has 1 spiro atoms. The van der Waals surface area contributed by atoms with Crippen molar-refractivity contribution in [2.24, 2.45) is 23.0 Å². The molecule has 1 amide bonds. The zero-order valence-electron chi connectivity index (χ0n) is 15.5. The molecule has 5 heteroatoms. The summed E-state index contributed by atoms with van der Waals surface area (Å²) in [6.07, 6.45) is 8.45. The molecule has 3 rings (SSSR count). The van der Waals surface area contributed by atoms with Crippen LogP contribution in [0.3, 0.4) is 0 Å². The molecule has 2 N–H and O–H groups in total. The number of hydrogen-bond donors (Lipinski definition) is 1. The Morgan fingerprint density at radius 2 is 2.08 bits per heavy atom. The molecule has 138 valence electrons. The summed E-state index contributed by atoms with van der Waals surface area (Å²) in [5.41, 5.74) is 6.85. The number of hydrogen-bond acceptors (Lipinski definition) is 4. The normalized spacial score (nSPS) is 19.9. The third-order valence-corrected chi connectivity index (χ3v) is 5.81. The fourth-order valence-electron chi connectivity index (χ4n) is 4.51. The molecule has 0 aromatic carbocycles. The summed E-state index contributed by atoms with van der Waals surface area (Å²) >= 11 is 0. The lowest BCUT2D eigenvalue weighted by Gasteiger charge is -2.52. The molecule has 0 bridgehead atoms. The second kappa shape index (κ2) is 7.63. The third-order valence-electron chi connectivity index (χ3n) is 5.81. The Morgan fingerprint density at radius 3 is 2.64 bits per heavy atom. The lowest BCUT2D eigenvalue weighted by Crippen LogP contribution is -2.47. The standard InChI is InChI=1S/C20H31N3O2/c1-15(2)11-16-3-4-18(22-14-16)23-8-6-20(7-9-23)12-17(13-20)5-10-25-19(21)24/h3-4,14-15,17H,5-13H2,1-2H3,(H2,21,24). The number of piperidine rings is 1. The summed E-state index contributed by atoms with van der Waals surface area (Å²) in [4.78, 5) is 17.7. The highest BCUT2D eigenvalue weighted by Crippen LogP contribution is 2.53. The van der Waals surface area contributed by atoms with E-state index in [2.05, 4.69) is 35.9 Å². The highest BCUT2D eigenvalue weighted by atomic mass is 16.5. The predicted molar refractivity (Wildman–Crippen MR) is 99.5 cm³/mol. The van der Waals surface area contributed by atoms with Crippen molar-refractivity contribution < 1.29 is 9.53 Å². The topological polar surface area (TPSA) is 68.5 Å². The fraction of sp³-hybridized carbons (Fsp3) is 0.700. The van der Waals surface area contributed by atoms with E-state index in [-0.39, 0.29) is 0 Å². The quantitative estimate of drug-likeness (QED) is 0.852. The van der Waals surface area contributed by atoms with Crippen LogP contribution in [0.4, 0.5) is 10.6 Å². The maximum absolute atomic E-state index is 10.6. The first kappa shape index (κ1) is 18.0. The van der Waals surface area contributed by atoms with E-state index >= 15 is 0 Å². The summed E-state index contributed by atoms with van der Waals surface area (Å²) in [5.74, 6) is 2.48. The van der Waals surface area contributed by atoms with Crippen molar-refractivity contribution in [3.63, 3.8) is 0 Å². The number of amides is 1. The van der Waals surface area contributed by atoms with Crippen LogP contribution in [0.5, 0.6) is 0 Å². The monoisotopic (exact) mass is 345 g/mol. The zero-order chi connectivity index (χ0) is 17.9. The van der Waals surface area contributed by atoms with E-state index < -0.39 is 6.09 Å². The molecule has 2 aliphatic rings. The molecule has 0 unspecified atom stereocenters. The molecule has 1 saturated heterocycles. The Bertz CT molecular complexity index is 569. The molecule has 1 aliphatic carbocycles. The van der Waals surface area contributed by atoms with Gasteiger partial charge in [0, 0.05) is 19.3 Å². The van der Waals surface area contributed by atoms with Gasteiger partial charge in [-0.1, -0.05) is 19.9 Å². The summed E-state index contributed by atoms with van der Waals surface area (Å²) in [5, 5.41) is 0. The minimum Gasteiger partial charge on any atom is -0.450 e. The van der Waals surface area contributed by atoms with Gasteiger partial charge in [-0.05, 0) is 67.4 Å². The average molecular weight is 345 g/mol. The van der Waals surface area contributed by atoms with Crippen molar-refractivity contribution in [3.8, 4) is 0 Å². The number of ether oxygens (including phenoxy) is 1. The molecule has 0 atom stereocenters. The first-order chi connectivity index (χ1) is 12.0. The number of nitrogens with zero attached hydrogens (tertiary/aromatic N) is 2. The summed E-state index contributed by atoms with van der Waals surface area (Å²) in [6, 6.07) is 4.41. The molecule has 0 radical (unpaired) electrons. The molecule has 2 heterocycles. The van der Waals surface area contributed by atoms with Crippen LogP contribution in [0.15, 0.2) is 18.3 Å². The number of anilines is 1. The first-order valence-electron chi connectivity index (χ1n) is 9.58. The maximum atomic E-state index is 10.6. The molecule has 25 heavy (non-hydrogen) atoms. The molecule has 1 aliphatic heterocycles. The van der Waals surface area contributed by atoms with E-state index in [1.54, 1.807) is 0 Å². The predicted octanol–water partition coefficient (Wildman–Crippen LogP) is 3.76. The van der Waals surface area contributed by atoms with Crippen molar-refractivity contribution in [1.29, 1.82) is 0 Å². The van der Waals surface area contributed by atoms with Crippen molar-refractivity contribution >= 4 is 11.9 Å². The Kier molecular flexibility index (Phi) is 5.50. The van der Waals surface area contributed by atoms with Gasteiger partial charge in [-0.3, -0.25) is 0 Å². The van der Waals surface area contributed by atoms with E-state index in [0.717, 1.165) is 31.7 Å². The Morgan fingerprint density at radius 1 is 1.36 bits per heavy atom. The van der Waals surface area contributed by atoms with Gasteiger partial charge in [-0.2, -0.15) is 0 Å². The van der Waals surface area contributed by atoms with E-state index in [1.165, 1.54) is 31.2 Å². The van der Waals surface area contributed by atoms with Crippen molar-refractivity contribution in [2.75, 3.05) is 24.6 Å². The minimum atomic E-state index is -0.658. The zero-order valence-corrected chi connectivity index (χ0v) is 15.5. The van der Waals surface area contributed by atoms with Gasteiger partial charge in [0.05, 0.1) is 6.61 Å². The summed E-state index contributed by atoms with van der Waals surface area (Å²) < 4.78 is 4.85. The van der Waals surface area contributed by atoms with Gasteiger partial charge in [0.25, 0.3) is 0 Å². The number of carbonyl (C=O) groups excluding carboxylic acids is 1. The van der Waals surface area contributed by atoms with E-state index in [1.807, 2.05) is 6.20 Å². The number of carbonyl (C=O) groups is 1. The lowest BCUT2D eigenvalue weighted by molar-refractivity contribution is 0.0133. The van der Waals surface area contributed by atoms with Gasteiger partial charge < -0.3 is 15.4 Å². The second-order valence-corrected chi connectivity index (χ2v) is 8.34. The second-order valence-electron chi connectivity index (χ2n) is 8.34. The van der Waals surface area contributed by atoms with Gasteiger partial charge in [-0.25, -0.2) is 9.78 Å². The van der Waals surface area contributed by atoms with Crippen LogP contribution < -0.4 is 10.6 Å². The van der Waals surface area contributed by atoms with Gasteiger partial charge in [0.1, 0.15) is 5.82 Å². The Hall–Kier alpha value is -1.78. The molecule has 1 aromatic heterocycles. The first-order valence-corrected chi connectivity index (χ1v) is 9.58. The van der Waals surface area contributed by atoms with E-state index in [0.29, 0.717) is 23.9 Å². The summed E-state index contributed by atoms with van der Waals surface area (Å²) in [7, 11) is 0. The lowest BCUT2D eigenvalue weighted by atomic mass is 9.57. The van der Waals surface area contributed by atoms with Crippen molar-refractivity contribution in [2.45, 2.75) is 52.4 Å². The molecule has 2 fully saturated rings. The van der Waals surface area contributed by atoms with Crippen LogP contribution in [-0.4, -0.2) is 30.8 Å². The van der Waals surface area contributed by atoms with Gasteiger partial charge in [0.2, 0.25) is 0 Å². The van der Waals surface area contributed by atoms with Gasteiger partial charge in [-0.15, -0.1) is 0 Å². The highest BCUT2D eigenvalue weighted by molar-refractivity contribution is 5.64. The minimum absolute atomic E-state index is 0.467. The van der Waals surface area contributed by atoms with Crippen LogP contribution in [0, 0.1) is 17.3 Å². The summed E-state index contributed by atoms with van der Waals surface area (Å²) in [6.45, 7) is 7.14. The van der Waals surface area contributed by atoms with Gasteiger partial charge in [0.15, 0.2) is 0 Å². The van der Waals surface area contributed by atoms with Crippen LogP contribution >= 0.6 is 0 Å². The van der Waals surface area contributed by atoms with E-state index in [4.69, 9.17) is 10.5 Å². The average Bonchev–Trinajstić information content (AvgIpc) is 2.54. The van der Waals surface area contributed by atoms with Crippen LogP contribution in [0.1, 0.15) is 51.5 Å². The van der Waals surface area contributed by atoms with E-state index in [9.17, 15) is 4.79 Å². The number of primary amides is 1. The Balaban J connectivity index is 1.43. The Labute approximate surface area is 150 Å². The third kappa shape index (κ3) is 4.65. The molecule has 5 nitrogen and oxygen atoms in total. The van der Waals surface area contributed by atoms with Crippen LogP contribution in [0.25, 0.3) is 0 Å². The van der Waals surface area contributed by atoms with Crippen LogP contribution in [-0.2, 0) is 11.2 Å². The number of nitrogens with two attached hydrogens (primary N) is 1. The van der Waals surface area contributed by atoms with Gasteiger partial charge >= 0.3 is 6.09 Å². The molecule has 1 aromatic rings. The number of pyridine rings is 1. The number of aromatic nitrogens is 1. The van der Waals surface area contributed by atoms with Crippen molar-refractivity contribution in [3.05, 3.63) is 23.9 Å². The molecular formula is C20H31N3O2. The SMILES string of the molecule is CC(C)Cc1ccc(N2CCC3(CC2)CC(CCOC(N)=O)C3)nc1. The number of rotatable bonds is 6. The van der Waals surface area contributed by atoms with Crippen LogP contribution in [0.2, 0.25) is 0 Å². The van der Waals surface area contributed by atoms with Crippen molar-refractivity contribution in [1.82, 2.24) is 4.98 Å². The smallest absolute Gasteiger partial charge is 0.404 e. The molecular weight excluding hydrogens is 314 g/mol.